The summed E-state index contributed by atoms with van der Waals surface area (Å²) in [6, 6.07) is 16.1. The predicted molar refractivity (Wildman–Crippen MR) is 108 cm³/mol. The quantitative estimate of drug-likeness (QED) is 0.490. The number of carbonyl (C=O) groups is 1. The minimum absolute atomic E-state index is 0.0175. The summed E-state index contributed by atoms with van der Waals surface area (Å²) in [5.74, 6) is 0.932. The molecule has 0 amide bonds. The molecule has 3 rings (SSSR count). The summed E-state index contributed by atoms with van der Waals surface area (Å²) in [6.07, 6.45) is 7.98. The van der Waals surface area contributed by atoms with Gasteiger partial charge in [-0.1, -0.05) is 56.3 Å². The molecule has 1 N–H and O–H groups in total. The van der Waals surface area contributed by atoms with Crippen molar-refractivity contribution in [1.82, 2.24) is 0 Å². The van der Waals surface area contributed by atoms with Gasteiger partial charge >= 0.3 is 5.97 Å². The zero-order valence-corrected chi connectivity index (χ0v) is 16.3. The molecule has 4 heteroatoms. The van der Waals surface area contributed by atoms with Gasteiger partial charge in [-0.2, -0.15) is 0 Å². The number of benzene rings is 1. The molecule has 28 heavy (non-hydrogen) atoms. The van der Waals surface area contributed by atoms with Crippen molar-refractivity contribution in [3.8, 4) is 0 Å². The van der Waals surface area contributed by atoms with Gasteiger partial charge in [-0.05, 0) is 41.7 Å². The van der Waals surface area contributed by atoms with Crippen LogP contribution in [0.3, 0.4) is 0 Å². The Morgan fingerprint density at radius 1 is 1.00 bits per heavy atom. The molecule has 2 heterocycles. The second kappa shape index (κ2) is 9.27. The van der Waals surface area contributed by atoms with Crippen LogP contribution < -0.4 is 0 Å². The van der Waals surface area contributed by atoms with E-state index in [1.165, 1.54) is 5.56 Å². The van der Waals surface area contributed by atoms with E-state index >= 15 is 0 Å². The molecule has 0 bridgehead atoms. The predicted octanol–water partition coefficient (Wildman–Crippen LogP) is 5.63. The second-order valence-electron chi connectivity index (χ2n) is 7.33. The van der Waals surface area contributed by atoms with Crippen LogP contribution in [-0.4, -0.2) is 11.1 Å². The van der Waals surface area contributed by atoms with Gasteiger partial charge < -0.3 is 13.9 Å². The monoisotopic (exact) mass is 378 g/mol. The number of carboxylic acid groups (broad SMARTS) is 1. The number of furan rings is 2. The summed E-state index contributed by atoms with van der Waals surface area (Å²) < 4.78 is 11.4. The van der Waals surface area contributed by atoms with Gasteiger partial charge in [-0.3, -0.25) is 4.79 Å². The molecule has 4 nitrogen and oxygen atoms in total. The minimum atomic E-state index is -0.851. The molecule has 1 atom stereocenters. The maximum atomic E-state index is 11.4. The fourth-order valence-electron chi connectivity index (χ4n) is 3.24. The van der Waals surface area contributed by atoms with Crippen LogP contribution >= 0.6 is 0 Å². The molecule has 0 spiro atoms. The largest absolute Gasteiger partial charge is 0.481 e. The summed E-state index contributed by atoms with van der Waals surface area (Å²) in [5.41, 5.74) is 2.21. The molecule has 0 aliphatic carbocycles. The molecule has 3 aromatic rings. The SMILES string of the molecule is CC(C)C(C(=O)O)c1cc(CC=CCc2ccc(Cc3ccccc3)o2)co1. The molecule has 1 aromatic carbocycles. The fraction of sp³-hybridized carbons (Fsp3) is 0.292. The highest BCUT2D eigenvalue weighted by molar-refractivity contribution is 5.75. The van der Waals surface area contributed by atoms with E-state index in [0.29, 0.717) is 12.2 Å². The van der Waals surface area contributed by atoms with Crippen molar-refractivity contribution in [3.63, 3.8) is 0 Å². The van der Waals surface area contributed by atoms with Gasteiger partial charge in [0, 0.05) is 12.8 Å². The van der Waals surface area contributed by atoms with Crippen molar-refractivity contribution >= 4 is 5.97 Å². The number of hydrogen-bond donors (Lipinski definition) is 1. The van der Waals surface area contributed by atoms with E-state index in [4.69, 9.17) is 8.83 Å². The molecule has 0 saturated heterocycles. The van der Waals surface area contributed by atoms with Gasteiger partial charge in [0.2, 0.25) is 0 Å². The van der Waals surface area contributed by atoms with Crippen LogP contribution in [0.25, 0.3) is 0 Å². The van der Waals surface area contributed by atoms with Crippen LogP contribution in [0.4, 0.5) is 0 Å². The third-order valence-electron chi connectivity index (χ3n) is 4.69. The molecule has 146 valence electrons. The Bertz CT molecular complexity index is 915. The van der Waals surface area contributed by atoms with Gasteiger partial charge in [0.25, 0.3) is 0 Å². The molecular weight excluding hydrogens is 352 g/mol. The molecule has 2 aromatic heterocycles. The van der Waals surface area contributed by atoms with Gasteiger partial charge in [0.15, 0.2) is 0 Å². The second-order valence-corrected chi connectivity index (χ2v) is 7.33. The first-order valence-corrected chi connectivity index (χ1v) is 9.59. The summed E-state index contributed by atoms with van der Waals surface area (Å²) >= 11 is 0. The van der Waals surface area contributed by atoms with Crippen molar-refractivity contribution in [2.45, 2.75) is 39.0 Å². The highest BCUT2D eigenvalue weighted by Crippen LogP contribution is 2.26. The Kier molecular flexibility index (Phi) is 6.53. The van der Waals surface area contributed by atoms with E-state index in [9.17, 15) is 9.90 Å². The average molecular weight is 378 g/mol. The Morgan fingerprint density at radius 2 is 1.71 bits per heavy atom. The van der Waals surface area contributed by atoms with E-state index in [1.54, 1.807) is 6.26 Å². The van der Waals surface area contributed by atoms with Gasteiger partial charge in [0.05, 0.1) is 6.26 Å². The van der Waals surface area contributed by atoms with E-state index in [2.05, 4.69) is 24.3 Å². The van der Waals surface area contributed by atoms with Crippen LogP contribution in [-0.2, 0) is 24.1 Å². The zero-order chi connectivity index (χ0) is 19.9. The first-order chi connectivity index (χ1) is 13.5. The molecule has 0 aliphatic heterocycles. The third-order valence-corrected chi connectivity index (χ3v) is 4.69. The minimum Gasteiger partial charge on any atom is -0.481 e. The van der Waals surface area contributed by atoms with Gasteiger partial charge in [-0.15, -0.1) is 0 Å². The Balaban J connectivity index is 1.52. The smallest absolute Gasteiger partial charge is 0.314 e. The standard InChI is InChI=1S/C24H26O4/c1-17(2)23(24(25)26)22-15-19(16-27-22)10-6-7-11-20-12-13-21(28-20)14-18-8-4-3-5-9-18/h3-9,12-13,15-17,23H,10-11,14H2,1-2H3,(H,25,26). The summed E-state index contributed by atoms with van der Waals surface area (Å²) in [7, 11) is 0. The van der Waals surface area contributed by atoms with Gasteiger partial charge in [0.1, 0.15) is 23.2 Å². The molecule has 0 radical (unpaired) electrons. The maximum Gasteiger partial charge on any atom is 0.314 e. The lowest BCUT2D eigenvalue weighted by Gasteiger charge is -2.12. The Morgan fingerprint density at radius 3 is 2.43 bits per heavy atom. The van der Waals surface area contributed by atoms with Crippen molar-refractivity contribution in [2.24, 2.45) is 5.92 Å². The number of hydrogen-bond acceptors (Lipinski definition) is 3. The van der Waals surface area contributed by atoms with E-state index in [1.807, 2.05) is 50.2 Å². The maximum absolute atomic E-state index is 11.4. The van der Waals surface area contributed by atoms with E-state index < -0.39 is 11.9 Å². The van der Waals surface area contributed by atoms with Crippen molar-refractivity contribution in [3.05, 3.63) is 95.4 Å². The molecule has 0 aliphatic rings. The topological polar surface area (TPSA) is 63.6 Å². The fourth-order valence-corrected chi connectivity index (χ4v) is 3.24. The Hall–Kier alpha value is -3.01. The number of carboxylic acids is 1. The number of rotatable bonds is 9. The molecular formula is C24H26O4. The molecule has 0 saturated carbocycles. The summed E-state index contributed by atoms with van der Waals surface area (Å²) in [5, 5.41) is 9.36. The molecule has 0 fully saturated rings. The lowest BCUT2D eigenvalue weighted by atomic mass is 9.93. The van der Waals surface area contributed by atoms with E-state index in [0.717, 1.165) is 29.9 Å². The number of aliphatic carboxylic acids is 1. The first-order valence-electron chi connectivity index (χ1n) is 9.59. The summed E-state index contributed by atoms with van der Waals surface area (Å²) in [4.78, 5) is 11.4. The van der Waals surface area contributed by atoms with Crippen LogP contribution in [0.15, 0.2) is 75.8 Å². The lowest BCUT2D eigenvalue weighted by Crippen LogP contribution is -2.16. The lowest BCUT2D eigenvalue weighted by molar-refractivity contribution is -0.140. The Labute approximate surface area is 165 Å². The third kappa shape index (κ3) is 5.26. The first kappa shape index (κ1) is 19.7. The molecule has 1 unspecified atom stereocenters. The van der Waals surface area contributed by atoms with Crippen LogP contribution in [0.5, 0.6) is 0 Å². The highest BCUT2D eigenvalue weighted by atomic mass is 16.4. The highest BCUT2D eigenvalue weighted by Gasteiger charge is 2.26. The summed E-state index contributed by atoms with van der Waals surface area (Å²) in [6.45, 7) is 3.77. The van der Waals surface area contributed by atoms with Crippen LogP contribution in [0.1, 0.15) is 48.2 Å². The average Bonchev–Trinajstić information content (AvgIpc) is 3.29. The van der Waals surface area contributed by atoms with Crippen molar-refractivity contribution < 1.29 is 18.7 Å². The van der Waals surface area contributed by atoms with Crippen LogP contribution in [0, 0.1) is 5.92 Å². The van der Waals surface area contributed by atoms with Crippen LogP contribution in [0.2, 0.25) is 0 Å². The number of allylic oxidation sites excluding steroid dienone is 2. The van der Waals surface area contributed by atoms with Crippen molar-refractivity contribution in [2.75, 3.05) is 0 Å². The van der Waals surface area contributed by atoms with E-state index in [-0.39, 0.29) is 5.92 Å². The van der Waals surface area contributed by atoms with Gasteiger partial charge in [-0.25, -0.2) is 0 Å². The zero-order valence-electron chi connectivity index (χ0n) is 16.3. The normalized spacial score (nSPS) is 12.7. The van der Waals surface area contributed by atoms with Crippen molar-refractivity contribution in [1.29, 1.82) is 0 Å².